The number of rotatable bonds is 6. The highest BCUT2D eigenvalue weighted by atomic mass is 19.4. The second kappa shape index (κ2) is 7.05. The van der Waals surface area contributed by atoms with Crippen molar-refractivity contribution in [2.24, 2.45) is 0 Å². The molecule has 0 heterocycles. The number of ether oxygens (including phenoxy) is 3. The molecule has 0 saturated heterocycles. The summed E-state index contributed by atoms with van der Waals surface area (Å²) in [5.41, 5.74) is -0.0736. The van der Waals surface area contributed by atoms with Gasteiger partial charge in [-0.15, -0.1) is 26.3 Å². The number of carbonyl (C=O) groups is 1. The Kier molecular flexibility index (Phi) is 5.66. The maximum Gasteiger partial charge on any atom is 0.573 e. The lowest BCUT2D eigenvalue weighted by Gasteiger charge is -2.13. The molecule has 0 aromatic heterocycles. The summed E-state index contributed by atoms with van der Waals surface area (Å²) in [5, 5.41) is 0. The minimum atomic E-state index is -5.07. The topological polar surface area (TPSA) is 44.8 Å². The molecule has 10 heteroatoms. The normalized spacial score (nSPS) is 12.3. The van der Waals surface area contributed by atoms with E-state index in [9.17, 15) is 31.1 Å². The lowest BCUT2D eigenvalue weighted by molar-refractivity contribution is -0.276. The molecule has 0 atom stereocenters. The van der Waals surface area contributed by atoms with Gasteiger partial charge in [-0.1, -0.05) is 6.08 Å². The van der Waals surface area contributed by atoms with E-state index in [4.69, 9.17) is 0 Å². The van der Waals surface area contributed by atoms with Crippen LogP contribution in [-0.4, -0.2) is 25.8 Å². The van der Waals surface area contributed by atoms with Gasteiger partial charge in [0, 0.05) is 6.07 Å². The van der Waals surface area contributed by atoms with Crippen molar-refractivity contribution in [2.75, 3.05) is 6.61 Å². The predicted octanol–water partition coefficient (Wildman–Crippen LogP) is 3.67. The van der Waals surface area contributed by atoms with Crippen LogP contribution in [0.3, 0.4) is 0 Å². The van der Waals surface area contributed by atoms with Crippen molar-refractivity contribution in [2.45, 2.75) is 12.7 Å². The Balaban J connectivity index is 3.03. The summed E-state index contributed by atoms with van der Waals surface area (Å²) >= 11 is 0. The summed E-state index contributed by atoms with van der Waals surface area (Å²) in [4.78, 5) is 9.89. The molecular formula is C12H8F6O4. The van der Waals surface area contributed by atoms with Crippen LogP contribution >= 0.6 is 0 Å². The third kappa shape index (κ3) is 7.41. The van der Waals surface area contributed by atoms with Gasteiger partial charge in [0.1, 0.15) is 18.1 Å². The fourth-order valence-electron chi connectivity index (χ4n) is 1.35. The van der Waals surface area contributed by atoms with Crippen molar-refractivity contribution in [1.29, 1.82) is 0 Å². The van der Waals surface area contributed by atoms with Crippen molar-refractivity contribution in [3.63, 3.8) is 0 Å². The van der Waals surface area contributed by atoms with Crippen molar-refractivity contribution in [1.82, 2.24) is 0 Å². The first kappa shape index (κ1) is 17.7. The van der Waals surface area contributed by atoms with E-state index in [2.05, 4.69) is 14.2 Å². The Bertz CT molecular complexity index is 501. The monoisotopic (exact) mass is 330 g/mol. The molecule has 1 aromatic carbocycles. The minimum absolute atomic E-state index is 0.0736. The van der Waals surface area contributed by atoms with E-state index in [-0.39, 0.29) is 18.6 Å². The molecule has 1 aromatic rings. The number of carbonyl (C=O) groups excluding carboxylic acids is 1. The smallest absolute Gasteiger partial charge is 0.464 e. The zero-order valence-electron chi connectivity index (χ0n) is 10.6. The molecule has 0 aliphatic carbocycles. The average Bonchev–Trinajstić information content (AvgIpc) is 2.30. The molecule has 0 spiro atoms. The van der Waals surface area contributed by atoms with Crippen molar-refractivity contribution in [3.05, 3.63) is 29.8 Å². The summed E-state index contributed by atoms with van der Waals surface area (Å²) in [6.45, 7) is -0.0744. The molecule has 0 amide bonds. The average molecular weight is 330 g/mol. The number of halogens is 6. The summed E-state index contributed by atoms with van der Waals surface area (Å²) in [6, 6.07) is 2.13. The molecule has 22 heavy (non-hydrogen) atoms. The summed E-state index contributed by atoms with van der Waals surface area (Å²) < 4.78 is 84.2. The number of hydrogen-bond acceptors (Lipinski definition) is 4. The third-order valence-corrected chi connectivity index (χ3v) is 1.94. The maximum atomic E-state index is 12.1. The quantitative estimate of drug-likeness (QED) is 0.454. The first-order valence-electron chi connectivity index (χ1n) is 5.47. The van der Waals surface area contributed by atoms with Gasteiger partial charge in [-0.05, 0) is 23.8 Å². The molecule has 0 fully saturated rings. The zero-order chi connectivity index (χ0) is 16.8. The Morgan fingerprint density at radius 2 is 1.41 bits per heavy atom. The van der Waals surface area contributed by atoms with Gasteiger partial charge in [-0.3, -0.25) is 4.79 Å². The van der Waals surface area contributed by atoms with E-state index in [1.165, 1.54) is 6.08 Å². The number of alkyl halides is 6. The van der Waals surface area contributed by atoms with E-state index in [1.54, 1.807) is 0 Å². The Morgan fingerprint density at radius 1 is 0.909 bits per heavy atom. The van der Waals surface area contributed by atoms with Crippen LogP contribution in [0.25, 0.3) is 6.08 Å². The molecule has 0 N–H and O–H groups in total. The largest absolute Gasteiger partial charge is 0.573 e. The lowest BCUT2D eigenvalue weighted by Crippen LogP contribution is -2.19. The third-order valence-electron chi connectivity index (χ3n) is 1.94. The highest BCUT2D eigenvalue weighted by molar-refractivity contribution is 5.55. The molecule has 1 rings (SSSR count). The Morgan fingerprint density at radius 3 is 1.82 bits per heavy atom. The van der Waals surface area contributed by atoms with E-state index in [0.717, 1.165) is 18.2 Å². The Labute approximate surface area is 119 Å². The van der Waals surface area contributed by atoms with Crippen molar-refractivity contribution in [3.8, 4) is 11.5 Å². The molecule has 0 saturated carbocycles. The first-order valence-corrected chi connectivity index (χ1v) is 5.47. The van der Waals surface area contributed by atoms with Gasteiger partial charge in [0.15, 0.2) is 0 Å². The summed E-state index contributed by atoms with van der Waals surface area (Å²) in [6.07, 6.45) is -7.80. The van der Waals surface area contributed by atoms with Gasteiger partial charge in [-0.25, -0.2) is 0 Å². The summed E-state index contributed by atoms with van der Waals surface area (Å²) in [5.74, 6) is -1.77. The molecule has 0 unspecified atom stereocenters. The fraction of sp³-hybridized carbons (Fsp3) is 0.250. The minimum Gasteiger partial charge on any atom is -0.464 e. The second-order valence-corrected chi connectivity index (χ2v) is 3.67. The maximum absolute atomic E-state index is 12.1. The van der Waals surface area contributed by atoms with Crippen LogP contribution in [0.5, 0.6) is 11.5 Å². The molecule has 4 nitrogen and oxygen atoms in total. The fourth-order valence-corrected chi connectivity index (χ4v) is 1.35. The molecule has 122 valence electrons. The predicted molar refractivity (Wildman–Crippen MR) is 60.9 cm³/mol. The van der Waals surface area contributed by atoms with E-state index in [1.807, 2.05) is 0 Å². The van der Waals surface area contributed by atoms with E-state index in [0.29, 0.717) is 6.07 Å². The van der Waals surface area contributed by atoms with Crippen LogP contribution in [0.2, 0.25) is 0 Å². The van der Waals surface area contributed by atoms with E-state index >= 15 is 0 Å². The van der Waals surface area contributed by atoms with Gasteiger partial charge in [0.25, 0.3) is 6.47 Å². The number of benzene rings is 1. The van der Waals surface area contributed by atoms with Gasteiger partial charge >= 0.3 is 12.7 Å². The Hall–Kier alpha value is -2.39. The van der Waals surface area contributed by atoms with Crippen LogP contribution in [0.4, 0.5) is 26.3 Å². The van der Waals surface area contributed by atoms with Crippen LogP contribution in [0.1, 0.15) is 5.56 Å². The molecular weight excluding hydrogens is 322 g/mol. The zero-order valence-corrected chi connectivity index (χ0v) is 10.6. The molecule has 0 aliphatic heterocycles. The van der Waals surface area contributed by atoms with Gasteiger partial charge in [0.2, 0.25) is 0 Å². The molecule has 0 radical (unpaired) electrons. The highest BCUT2D eigenvalue weighted by Gasteiger charge is 2.33. The van der Waals surface area contributed by atoms with Crippen LogP contribution < -0.4 is 9.47 Å². The molecule has 0 aliphatic rings. The lowest BCUT2D eigenvalue weighted by atomic mass is 10.2. The number of hydrogen-bond donors (Lipinski definition) is 0. The van der Waals surface area contributed by atoms with Gasteiger partial charge in [-0.2, -0.15) is 0 Å². The van der Waals surface area contributed by atoms with Gasteiger partial charge in [0.05, 0.1) is 0 Å². The summed E-state index contributed by atoms with van der Waals surface area (Å²) in [7, 11) is 0. The second-order valence-electron chi connectivity index (χ2n) is 3.67. The molecule has 0 bridgehead atoms. The van der Waals surface area contributed by atoms with Crippen molar-refractivity contribution >= 4 is 12.5 Å². The van der Waals surface area contributed by atoms with Crippen molar-refractivity contribution < 1.29 is 45.3 Å². The van der Waals surface area contributed by atoms with E-state index < -0.39 is 24.2 Å². The highest BCUT2D eigenvalue weighted by Crippen LogP contribution is 2.31. The first-order chi connectivity index (χ1) is 10.1. The SMILES string of the molecule is O=COCC=Cc1cc(OC(F)(F)F)cc(OC(F)(F)F)c1. The van der Waals surface area contributed by atoms with Crippen LogP contribution in [0, 0.1) is 0 Å². The standard InChI is InChI=1S/C12H8F6O4/c13-11(14,15)21-9-4-8(2-1-3-20-7-19)5-10(6-9)22-12(16,17)18/h1-2,4-7H,3H2. The van der Waals surface area contributed by atoms with Gasteiger partial charge < -0.3 is 14.2 Å². The van der Waals surface area contributed by atoms with Crippen LogP contribution in [-0.2, 0) is 9.53 Å². The van der Waals surface area contributed by atoms with Crippen LogP contribution in [0.15, 0.2) is 24.3 Å².